The van der Waals surface area contributed by atoms with Gasteiger partial charge in [-0.1, -0.05) is 12.1 Å². The number of methoxy groups -OCH3 is 1. The van der Waals surface area contributed by atoms with Crippen LogP contribution in [0.2, 0.25) is 0 Å². The standard InChI is InChI=1S/C12H18FNO/c1-10(13)8-14(2)9-11-4-6-12(15-3)7-5-11/h4-7,10H,8-9H2,1-3H3. The quantitative estimate of drug-likeness (QED) is 0.742. The molecule has 0 bridgehead atoms. The van der Waals surface area contributed by atoms with Crippen molar-refractivity contribution in [2.45, 2.75) is 19.6 Å². The highest BCUT2D eigenvalue weighted by Crippen LogP contribution is 2.12. The Labute approximate surface area is 90.7 Å². The number of rotatable bonds is 5. The number of hydrogen-bond acceptors (Lipinski definition) is 2. The fourth-order valence-electron chi connectivity index (χ4n) is 1.54. The topological polar surface area (TPSA) is 12.5 Å². The summed E-state index contributed by atoms with van der Waals surface area (Å²) in [5.74, 6) is 0.847. The van der Waals surface area contributed by atoms with E-state index >= 15 is 0 Å². The largest absolute Gasteiger partial charge is 0.497 e. The maximum absolute atomic E-state index is 12.7. The molecule has 1 rings (SSSR count). The summed E-state index contributed by atoms with van der Waals surface area (Å²) in [7, 11) is 3.56. The molecule has 0 heterocycles. The highest BCUT2D eigenvalue weighted by atomic mass is 19.1. The molecule has 3 heteroatoms. The van der Waals surface area contributed by atoms with Crippen molar-refractivity contribution >= 4 is 0 Å². The van der Waals surface area contributed by atoms with Crippen molar-refractivity contribution in [3.05, 3.63) is 29.8 Å². The van der Waals surface area contributed by atoms with Crippen LogP contribution in [0, 0.1) is 0 Å². The van der Waals surface area contributed by atoms with E-state index in [1.165, 1.54) is 5.56 Å². The van der Waals surface area contributed by atoms with Crippen molar-refractivity contribution in [2.75, 3.05) is 20.7 Å². The first-order chi connectivity index (χ1) is 7.11. The third-order valence-corrected chi connectivity index (χ3v) is 2.17. The molecule has 0 fully saturated rings. The smallest absolute Gasteiger partial charge is 0.118 e. The first-order valence-electron chi connectivity index (χ1n) is 5.07. The molecular formula is C12H18FNO. The minimum Gasteiger partial charge on any atom is -0.497 e. The van der Waals surface area contributed by atoms with Gasteiger partial charge in [-0.15, -0.1) is 0 Å². The van der Waals surface area contributed by atoms with E-state index in [1.807, 2.05) is 36.2 Å². The molecule has 0 saturated carbocycles. The number of alkyl halides is 1. The third kappa shape index (κ3) is 4.30. The Morgan fingerprint density at radius 1 is 1.33 bits per heavy atom. The molecule has 0 spiro atoms. The number of hydrogen-bond donors (Lipinski definition) is 0. The van der Waals surface area contributed by atoms with E-state index < -0.39 is 6.17 Å². The van der Waals surface area contributed by atoms with Crippen molar-refractivity contribution in [1.82, 2.24) is 4.90 Å². The number of ether oxygens (including phenoxy) is 1. The van der Waals surface area contributed by atoms with E-state index in [1.54, 1.807) is 14.0 Å². The Bertz CT molecular complexity index is 284. The molecule has 0 radical (unpaired) electrons. The SMILES string of the molecule is COc1ccc(CN(C)CC(C)F)cc1. The van der Waals surface area contributed by atoms with E-state index in [0.29, 0.717) is 6.54 Å². The predicted molar refractivity (Wildman–Crippen MR) is 59.9 cm³/mol. The van der Waals surface area contributed by atoms with Crippen molar-refractivity contribution in [3.8, 4) is 5.75 Å². The number of benzene rings is 1. The van der Waals surface area contributed by atoms with Crippen LogP contribution < -0.4 is 4.74 Å². The average Bonchev–Trinajstić information content (AvgIpc) is 2.17. The molecule has 0 saturated heterocycles. The Morgan fingerprint density at radius 2 is 1.93 bits per heavy atom. The lowest BCUT2D eigenvalue weighted by atomic mass is 10.2. The maximum atomic E-state index is 12.7. The lowest BCUT2D eigenvalue weighted by Gasteiger charge is -2.17. The minimum absolute atomic E-state index is 0.464. The van der Waals surface area contributed by atoms with Crippen molar-refractivity contribution in [3.63, 3.8) is 0 Å². The van der Waals surface area contributed by atoms with E-state index in [0.717, 1.165) is 12.3 Å². The van der Waals surface area contributed by atoms with Crippen molar-refractivity contribution in [2.24, 2.45) is 0 Å². The summed E-state index contributed by atoms with van der Waals surface area (Å²) in [6.07, 6.45) is -0.784. The average molecular weight is 211 g/mol. The van der Waals surface area contributed by atoms with Crippen LogP contribution in [0.15, 0.2) is 24.3 Å². The molecule has 1 aromatic rings. The van der Waals surface area contributed by atoms with Gasteiger partial charge in [0.1, 0.15) is 11.9 Å². The van der Waals surface area contributed by atoms with Crippen molar-refractivity contribution in [1.29, 1.82) is 0 Å². The molecule has 84 valence electrons. The molecule has 0 amide bonds. The highest BCUT2D eigenvalue weighted by molar-refractivity contribution is 5.26. The van der Waals surface area contributed by atoms with Crippen LogP contribution in [0.3, 0.4) is 0 Å². The third-order valence-electron chi connectivity index (χ3n) is 2.17. The molecule has 2 nitrogen and oxygen atoms in total. The van der Waals surface area contributed by atoms with Gasteiger partial charge in [-0.05, 0) is 31.7 Å². The molecule has 1 atom stereocenters. The second kappa shape index (κ2) is 5.71. The molecule has 1 unspecified atom stereocenters. The Kier molecular flexibility index (Phi) is 4.56. The van der Waals surface area contributed by atoms with Gasteiger partial charge < -0.3 is 4.74 Å². The van der Waals surface area contributed by atoms with Gasteiger partial charge in [-0.2, -0.15) is 0 Å². The second-order valence-electron chi connectivity index (χ2n) is 3.83. The normalized spacial score (nSPS) is 12.9. The van der Waals surface area contributed by atoms with Crippen LogP contribution in [0.25, 0.3) is 0 Å². The fraction of sp³-hybridized carbons (Fsp3) is 0.500. The molecule has 0 aliphatic rings. The first kappa shape index (κ1) is 12.0. The molecule has 0 aliphatic carbocycles. The Hall–Kier alpha value is -1.09. The molecular weight excluding hydrogens is 193 g/mol. The van der Waals surface area contributed by atoms with E-state index in [4.69, 9.17) is 4.74 Å². The van der Waals surface area contributed by atoms with Crippen LogP contribution in [-0.2, 0) is 6.54 Å². The minimum atomic E-state index is -0.784. The van der Waals surface area contributed by atoms with Crippen LogP contribution >= 0.6 is 0 Å². The predicted octanol–water partition coefficient (Wildman–Crippen LogP) is 2.49. The van der Waals surface area contributed by atoms with Gasteiger partial charge in [0.15, 0.2) is 0 Å². The van der Waals surface area contributed by atoms with Crippen LogP contribution in [0.4, 0.5) is 4.39 Å². The van der Waals surface area contributed by atoms with Crippen LogP contribution in [0.5, 0.6) is 5.75 Å². The lowest BCUT2D eigenvalue weighted by Crippen LogP contribution is -2.24. The van der Waals surface area contributed by atoms with Gasteiger partial charge in [-0.25, -0.2) is 4.39 Å². The molecule has 1 aromatic carbocycles. The van der Waals surface area contributed by atoms with E-state index in [-0.39, 0.29) is 0 Å². The monoisotopic (exact) mass is 211 g/mol. The number of nitrogens with zero attached hydrogens (tertiary/aromatic N) is 1. The Morgan fingerprint density at radius 3 is 2.40 bits per heavy atom. The lowest BCUT2D eigenvalue weighted by molar-refractivity contribution is 0.229. The summed E-state index contributed by atoms with van der Waals surface area (Å²) in [4.78, 5) is 1.96. The zero-order chi connectivity index (χ0) is 11.3. The second-order valence-corrected chi connectivity index (χ2v) is 3.83. The molecule has 0 aliphatic heterocycles. The van der Waals surface area contributed by atoms with Gasteiger partial charge in [0, 0.05) is 13.1 Å². The zero-order valence-electron chi connectivity index (χ0n) is 9.53. The van der Waals surface area contributed by atoms with Gasteiger partial charge in [0.25, 0.3) is 0 Å². The fourth-order valence-corrected chi connectivity index (χ4v) is 1.54. The summed E-state index contributed by atoms with van der Waals surface area (Å²) in [5.41, 5.74) is 1.17. The van der Waals surface area contributed by atoms with Gasteiger partial charge >= 0.3 is 0 Å². The summed E-state index contributed by atoms with van der Waals surface area (Å²) in [5, 5.41) is 0. The van der Waals surface area contributed by atoms with Gasteiger partial charge in [-0.3, -0.25) is 4.90 Å². The molecule has 0 aromatic heterocycles. The summed E-state index contributed by atoms with van der Waals surface area (Å²) in [6, 6.07) is 7.83. The zero-order valence-corrected chi connectivity index (χ0v) is 9.53. The van der Waals surface area contributed by atoms with Gasteiger partial charge in [0.2, 0.25) is 0 Å². The van der Waals surface area contributed by atoms with E-state index in [2.05, 4.69) is 0 Å². The summed E-state index contributed by atoms with van der Waals surface area (Å²) < 4.78 is 17.8. The van der Waals surface area contributed by atoms with E-state index in [9.17, 15) is 4.39 Å². The van der Waals surface area contributed by atoms with Crippen LogP contribution in [0.1, 0.15) is 12.5 Å². The van der Waals surface area contributed by atoms with Crippen LogP contribution in [-0.4, -0.2) is 31.8 Å². The molecule has 15 heavy (non-hydrogen) atoms. The number of halogens is 1. The summed E-state index contributed by atoms with van der Waals surface area (Å²) in [6.45, 7) is 2.80. The van der Waals surface area contributed by atoms with Gasteiger partial charge in [0.05, 0.1) is 7.11 Å². The first-order valence-corrected chi connectivity index (χ1v) is 5.07. The van der Waals surface area contributed by atoms with Crippen molar-refractivity contribution < 1.29 is 9.13 Å². The Balaban J connectivity index is 2.49. The maximum Gasteiger partial charge on any atom is 0.118 e. The molecule has 0 N–H and O–H groups in total. The highest BCUT2D eigenvalue weighted by Gasteiger charge is 2.04. The summed E-state index contributed by atoms with van der Waals surface area (Å²) >= 11 is 0.